The summed E-state index contributed by atoms with van der Waals surface area (Å²) in [7, 11) is 3.35. The van der Waals surface area contributed by atoms with Gasteiger partial charge in [0.2, 0.25) is 0 Å². The Kier molecular flexibility index (Phi) is 5.65. The standard InChI is InChI=1S/C17H20BrNO2/c1-12(13-4-6-15(18)7-5-13)19-11-14-10-16(20-2)8-9-17(14)21-3/h4-10,12,19H,11H2,1-3H3/t12-/m1/s1. The fourth-order valence-electron chi connectivity index (χ4n) is 2.15. The molecule has 2 rings (SSSR count). The lowest BCUT2D eigenvalue weighted by molar-refractivity contribution is 0.395. The Morgan fingerprint density at radius 2 is 1.76 bits per heavy atom. The molecule has 2 aromatic rings. The minimum Gasteiger partial charge on any atom is -0.497 e. The Balaban J connectivity index is 2.06. The van der Waals surface area contributed by atoms with E-state index >= 15 is 0 Å². The van der Waals surface area contributed by atoms with Gasteiger partial charge in [0, 0.05) is 22.6 Å². The van der Waals surface area contributed by atoms with E-state index in [0.29, 0.717) is 0 Å². The van der Waals surface area contributed by atoms with E-state index in [-0.39, 0.29) is 6.04 Å². The van der Waals surface area contributed by atoms with Gasteiger partial charge in [-0.15, -0.1) is 0 Å². The van der Waals surface area contributed by atoms with E-state index in [1.165, 1.54) is 5.56 Å². The van der Waals surface area contributed by atoms with E-state index in [1.54, 1.807) is 14.2 Å². The topological polar surface area (TPSA) is 30.5 Å². The van der Waals surface area contributed by atoms with Gasteiger partial charge in [0.1, 0.15) is 11.5 Å². The second kappa shape index (κ2) is 7.48. The third-order valence-electron chi connectivity index (χ3n) is 3.46. The summed E-state index contributed by atoms with van der Waals surface area (Å²) in [5, 5.41) is 3.51. The van der Waals surface area contributed by atoms with Crippen molar-refractivity contribution < 1.29 is 9.47 Å². The van der Waals surface area contributed by atoms with Crippen LogP contribution in [0.1, 0.15) is 24.1 Å². The van der Waals surface area contributed by atoms with Gasteiger partial charge in [-0.2, -0.15) is 0 Å². The van der Waals surface area contributed by atoms with Crippen molar-refractivity contribution in [2.75, 3.05) is 14.2 Å². The van der Waals surface area contributed by atoms with Crippen LogP contribution in [-0.4, -0.2) is 14.2 Å². The summed E-state index contributed by atoms with van der Waals surface area (Å²) in [6.45, 7) is 2.87. The fraction of sp³-hybridized carbons (Fsp3) is 0.294. The van der Waals surface area contributed by atoms with Gasteiger partial charge in [0.05, 0.1) is 14.2 Å². The summed E-state index contributed by atoms with van der Waals surface area (Å²) in [4.78, 5) is 0. The molecule has 0 heterocycles. The van der Waals surface area contributed by atoms with E-state index < -0.39 is 0 Å². The first-order valence-electron chi connectivity index (χ1n) is 6.83. The molecule has 0 aromatic heterocycles. The van der Waals surface area contributed by atoms with Crippen LogP contribution in [-0.2, 0) is 6.54 Å². The van der Waals surface area contributed by atoms with Gasteiger partial charge in [0.25, 0.3) is 0 Å². The average molecular weight is 350 g/mol. The second-order valence-corrected chi connectivity index (χ2v) is 5.75. The zero-order chi connectivity index (χ0) is 15.2. The molecule has 0 unspecified atom stereocenters. The second-order valence-electron chi connectivity index (χ2n) is 4.83. The molecule has 0 spiro atoms. The first kappa shape index (κ1) is 15.9. The molecular weight excluding hydrogens is 330 g/mol. The Morgan fingerprint density at radius 3 is 2.38 bits per heavy atom. The fourth-order valence-corrected chi connectivity index (χ4v) is 2.42. The Morgan fingerprint density at radius 1 is 1.05 bits per heavy atom. The minimum atomic E-state index is 0.258. The number of methoxy groups -OCH3 is 2. The number of hydrogen-bond acceptors (Lipinski definition) is 3. The maximum Gasteiger partial charge on any atom is 0.123 e. The molecule has 1 atom stereocenters. The molecule has 0 aliphatic heterocycles. The van der Waals surface area contributed by atoms with Crippen LogP contribution in [0.2, 0.25) is 0 Å². The predicted octanol–water partition coefficient (Wildman–Crippen LogP) is 4.32. The highest BCUT2D eigenvalue weighted by molar-refractivity contribution is 9.10. The number of hydrogen-bond donors (Lipinski definition) is 1. The lowest BCUT2D eigenvalue weighted by Gasteiger charge is -2.16. The van der Waals surface area contributed by atoms with Gasteiger partial charge >= 0.3 is 0 Å². The van der Waals surface area contributed by atoms with E-state index in [2.05, 4.69) is 52.4 Å². The molecule has 0 amide bonds. The largest absolute Gasteiger partial charge is 0.497 e. The molecule has 0 radical (unpaired) electrons. The van der Waals surface area contributed by atoms with E-state index in [1.807, 2.05) is 18.2 Å². The number of halogens is 1. The van der Waals surface area contributed by atoms with Crippen molar-refractivity contribution in [1.82, 2.24) is 5.32 Å². The minimum absolute atomic E-state index is 0.258. The van der Waals surface area contributed by atoms with Crippen molar-refractivity contribution in [1.29, 1.82) is 0 Å². The highest BCUT2D eigenvalue weighted by Crippen LogP contribution is 2.25. The molecule has 4 heteroatoms. The maximum absolute atomic E-state index is 5.40. The van der Waals surface area contributed by atoms with Crippen LogP contribution in [0.25, 0.3) is 0 Å². The molecule has 2 aromatic carbocycles. The van der Waals surface area contributed by atoms with Crippen molar-refractivity contribution in [2.45, 2.75) is 19.5 Å². The van der Waals surface area contributed by atoms with Crippen LogP contribution in [0, 0.1) is 0 Å². The molecule has 0 bridgehead atoms. The van der Waals surface area contributed by atoms with Crippen molar-refractivity contribution in [3.63, 3.8) is 0 Å². The third kappa shape index (κ3) is 4.22. The van der Waals surface area contributed by atoms with Crippen LogP contribution in [0.5, 0.6) is 11.5 Å². The SMILES string of the molecule is COc1ccc(OC)c(CN[C@H](C)c2ccc(Br)cc2)c1. The van der Waals surface area contributed by atoms with Gasteiger partial charge in [0.15, 0.2) is 0 Å². The molecule has 0 fully saturated rings. The smallest absolute Gasteiger partial charge is 0.123 e. The summed E-state index contributed by atoms with van der Waals surface area (Å²) in [6.07, 6.45) is 0. The lowest BCUT2D eigenvalue weighted by Crippen LogP contribution is -2.18. The van der Waals surface area contributed by atoms with Crippen molar-refractivity contribution in [2.24, 2.45) is 0 Å². The monoisotopic (exact) mass is 349 g/mol. The van der Waals surface area contributed by atoms with E-state index in [9.17, 15) is 0 Å². The normalized spacial score (nSPS) is 12.0. The Hall–Kier alpha value is -1.52. The predicted molar refractivity (Wildman–Crippen MR) is 88.9 cm³/mol. The highest BCUT2D eigenvalue weighted by Gasteiger charge is 2.08. The van der Waals surface area contributed by atoms with Crippen molar-refractivity contribution in [3.8, 4) is 11.5 Å². The zero-order valence-corrected chi connectivity index (χ0v) is 14.1. The summed E-state index contributed by atoms with van der Waals surface area (Å²) in [6, 6.07) is 14.4. The molecule has 0 saturated carbocycles. The zero-order valence-electron chi connectivity index (χ0n) is 12.5. The lowest BCUT2D eigenvalue weighted by atomic mass is 10.1. The number of ether oxygens (including phenoxy) is 2. The van der Waals surface area contributed by atoms with Crippen molar-refractivity contribution in [3.05, 3.63) is 58.1 Å². The van der Waals surface area contributed by atoms with Crippen molar-refractivity contribution >= 4 is 15.9 Å². The number of rotatable bonds is 6. The summed E-state index contributed by atoms with van der Waals surface area (Å²) in [5.74, 6) is 1.70. The van der Waals surface area contributed by atoms with E-state index in [0.717, 1.165) is 28.1 Å². The molecule has 3 nitrogen and oxygen atoms in total. The molecule has 21 heavy (non-hydrogen) atoms. The quantitative estimate of drug-likeness (QED) is 0.842. The van der Waals surface area contributed by atoms with Crippen LogP contribution >= 0.6 is 15.9 Å². The molecule has 1 N–H and O–H groups in total. The van der Waals surface area contributed by atoms with Gasteiger partial charge in [-0.25, -0.2) is 0 Å². The first-order valence-corrected chi connectivity index (χ1v) is 7.63. The molecule has 0 aliphatic carbocycles. The van der Waals surface area contributed by atoms with Gasteiger partial charge in [-0.3, -0.25) is 0 Å². The molecular formula is C17H20BrNO2. The summed E-state index contributed by atoms with van der Waals surface area (Å²) < 4.78 is 11.8. The third-order valence-corrected chi connectivity index (χ3v) is 3.98. The average Bonchev–Trinajstić information content (AvgIpc) is 2.52. The van der Waals surface area contributed by atoms with Gasteiger partial charge in [-0.1, -0.05) is 28.1 Å². The van der Waals surface area contributed by atoms with Crippen LogP contribution in [0.4, 0.5) is 0 Å². The molecule has 0 saturated heterocycles. The highest BCUT2D eigenvalue weighted by atomic mass is 79.9. The van der Waals surface area contributed by atoms with Crippen LogP contribution in [0.15, 0.2) is 46.9 Å². The van der Waals surface area contributed by atoms with E-state index in [4.69, 9.17) is 9.47 Å². The summed E-state index contributed by atoms with van der Waals surface area (Å²) in [5.41, 5.74) is 2.33. The molecule has 0 aliphatic rings. The summed E-state index contributed by atoms with van der Waals surface area (Å²) >= 11 is 3.45. The van der Waals surface area contributed by atoms with Gasteiger partial charge in [-0.05, 0) is 42.8 Å². The van der Waals surface area contributed by atoms with Crippen LogP contribution < -0.4 is 14.8 Å². The van der Waals surface area contributed by atoms with Gasteiger partial charge < -0.3 is 14.8 Å². The molecule has 112 valence electrons. The Bertz CT molecular complexity index is 584. The first-order chi connectivity index (χ1) is 10.1. The maximum atomic E-state index is 5.40. The number of benzene rings is 2. The number of nitrogens with one attached hydrogen (secondary N) is 1. The van der Waals surface area contributed by atoms with Crippen LogP contribution in [0.3, 0.4) is 0 Å². The Labute approximate surface area is 134 Å².